The number of aromatic nitrogens is 1. The van der Waals surface area contributed by atoms with Crippen molar-refractivity contribution < 1.29 is 0 Å². The molecule has 68 valence electrons. The van der Waals surface area contributed by atoms with Crippen molar-refractivity contribution in [3.05, 3.63) is 16.1 Å². The molecule has 1 aliphatic rings. The van der Waals surface area contributed by atoms with Gasteiger partial charge in [0.2, 0.25) is 0 Å². The van der Waals surface area contributed by atoms with Crippen LogP contribution in [0.3, 0.4) is 0 Å². The van der Waals surface area contributed by atoms with Gasteiger partial charge in [0.1, 0.15) is 5.41 Å². The van der Waals surface area contributed by atoms with Crippen LogP contribution >= 0.6 is 11.3 Å². The summed E-state index contributed by atoms with van der Waals surface area (Å²) in [7, 11) is 0. The molecule has 0 saturated heterocycles. The lowest BCUT2D eigenvalue weighted by Gasteiger charge is -2.33. The molecule has 0 amide bonds. The van der Waals surface area contributed by atoms with Gasteiger partial charge < -0.3 is 0 Å². The van der Waals surface area contributed by atoms with Crippen molar-refractivity contribution >= 4 is 11.3 Å². The van der Waals surface area contributed by atoms with Crippen LogP contribution in [0.25, 0.3) is 0 Å². The maximum Gasteiger partial charge on any atom is 0.100 e. The van der Waals surface area contributed by atoms with E-state index in [1.807, 2.05) is 0 Å². The average Bonchev–Trinajstić information content (AvgIpc) is 2.52. The fraction of sp³-hybridized carbons (Fsp3) is 0.600. The lowest BCUT2D eigenvalue weighted by Crippen LogP contribution is -2.32. The van der Waals surface area contributed by atoms with Crippen LogP contribution in [0.5, 0.6) is 0 Å². The molecule has 0 spiro atoms. The summed E-state index contributed by atoms with van der Waals surface area (Å²) in [6, 6.07) is 2.41. The Morgan fingerprint density at radius 1 is 1.69 bits per heavy atom. The van der Waals surface area contributed by atoms with Crippen LogP contribution < -0.4 is 0 Å². The van der Waals surface area contributed by atoms with Crippen LogP contribution in [0.1, 0.15) is 36.9 Å². The van der Waals surface area contributed by atoms with E-state index < -0.39 is 0 Å². The van der Waals surface area contributed by atoms with E-state index in [1.54, 1.807) is 11.3 Å². The van der Waals surface area contributed by atoms with Gasteiger partial charge in [0.25, 0.3) is 0 Å². The van der Waals surface area contributed by atoms with Gasteiger partial charge in [0.05, 0.1) is 16.8 Å². The number of rotatable bonds is 2. The van der Waals surface area contributed by atoms with Crippen molar-refractivity contribution in [2.45, 2.75) is 38.0 Å². The summed E-state index contributed by atoms with van der Waals surface area (Å²) in [5.41, 5.74) is 0.798. The van der Waals surface area contributed by atoms with Gasteiger partial charge in [-0.3, -0.25) is 0 Å². The minimum Gasteiger partial charge on any atom is -0.245 e. The number of hydrogen-bond donors (Lipinski definition) is 0. The van der Waals surface area contributed by atoms with Crippen molar-refractivity contribution in [2.75, 3.05) is 0 Å². The van der Waals surface area contributed by atoms with E-state index in [9.17, 15) is 0 Å². The molecule has 1 saturated carbocycles. The monoisotopic (exact) mass is 192 g/mol. The van der Waals surface area contributed by atoms with Gasteiger partial charge in [0.15, 0.2) is 0 Å². The highest BCUT2D eigenvalue weighted by atomic mass is 32.1. The zero-order valence-corrected chi connectivity index (χ0v) is 8.52. The Morgan fingerprint density at radius 2 is 2.46 bits per heavy atom. The Kier molecular flexibility index (Phi) is 2.09. The van der Waals surface area contributed by atoms with Crippen LogP contribution in [0, 0.1) is 11.3 Å². The maximum atomic E-state index is 9.09. The first-order valence-electron chi connectivity index (χ1n) is 4.67. The molecule has 0 radical (unpaired) electrons. The first-order chi connectivity index (χ1) is 6.30. The standard InChI is InChI=1S/C10H12N2S/c1-2-9-12-8(6-13-9)10(7-11)4-3-5-10/h6H,2-5H2,1H3. The quantitative estimate of drug-likeness (QED) is 0.722. The van der Waals surface area contributed by atoms with Crippen LogP contribution in [-0.4, -0.2) is 4.98 Å². The Balaban J connectivity index is 2.29. The average molecular weight is 192 g/mol. The second-order valence-electron chi connectivity index (χ2n) is 3.53. The molecule has 0 bridgehead atoms. The molecule has 0 aromatic carbocycles. The van der Waals surface area contributed by atoms with Crippen molar-refractivity contribution in [1.29, 1.82) is 5.26 Å². The summed E-state index contributed by atoms with van der Waals surface area (Å²) >= 11 is 1.68. The van der Waals surface area contributed by atoms with E-state index in [2.05, 4.69) is 23.4 Å². The van der Waals surface area contributed by atoms with Gasteiger partial charge in [0, 0.05) is 5.38 Å². The fourth-order valence-corrected chi connectivity index (χ4v) is 2.49. The van der Waals surface area contributed by atoms with Crippen LogP contribution in [0.4, 0.5) is 0 Å². The number of aryl methyl sites for hydroxylation is 1. The van der Waals surface area contributed by atoms with E-state index in [-0.39, 0.29) is 5.41 Å². The summed E-state index contributed by atoms with van der Waals surface area (Å²) in [6.07, 6.45) is 4.14. The number of hydrogen-bond acceptors (Lipinski definition) is 3. The molecule has 1 fully saturated rings. The first kappa shape index (κ1) is 8.71. The molecular weight excluding hydrogens is 180 g/mol. The Bertz CT molecular complexity index is 344. The van der Waals surface area contributed by atoms with Gasteiger partial charge in [-0.15, -0.1) is 11.3 Å². The number of thiazole rings is 1. The van der Waals surface area contributed by atoms with E-state index >= 15 is 0 Å². The SMILES string of the molecule is CCc1nc(C2(C#N)CCC2)cs1. The van der Waals surface area contributed by atoms with Gasteiger partial charge in [-0.05, 0) is 25.7 Å². The maximum absolute atomic E-state index is 9.09. The smallest absolute Gasteiger partial charge is 0.100 e. The molecule has 2 nitrogen and oxygen atoms in total. The third kappa shape index (κ3) is 1.26. The summed E-state index contributed by atoms with van der Waals surface area (Å²) < 4.78 is 0. The fourth-order valence-electron chi connectivity index (χ4n) is 1.65. The molecule has 2 rings (SSSR count). The molecule has 0 N–H and O–H groups in total. The minimum absolute atomic E-state index is 0.218. The molecule has 0 unspecified atom stereocenters. The molecule has 1 aliphatic carbocycles. The highest BCUT2D eigenvalue weighted by molar-refractivity contribution is 7.09. The van der Waals surface area contributed by atoms with E-state index in [4.69, 9.17) is 5.26 Å². The van der Waals surface area contributed by atoms with Gasteiger partial charge in [-0.2, -0.15) is 5.26 Å². The van der Waals surface area contributed by atoms with E-state index in [0.717, 1.165) is 30.0 Å². The van der Waals surface area contributed by atoms with Crippen molar-refractivity contribution in [3.63, 3.8) is 0 Å². The van der Waals surface area contributed by atoms with Gasteiger partial charge >= 0.3 is 0 Å². The van der Waals surface area contributed by atoms with Crippen molar-refractivity contribution in [3.8, 4) is 6.07 Å². The second-order valence-corrected chi connectivity index (χ2v) is 4.47. The Hall–Kier alpha value is -0.880. The zero-order chi connectivity index (χ0) is 9.31. The molecule has 0 atom stereocenters. The summed E-state index contributed by atoms with van der Waals surface area (Å²) in [4.78, 5) is 4.49. The summed E-state index contributed by atoms with van der Waals surface area (Å²) in [6.45, 7) is 2.10. The van der Waals surface area contributed by atoms with E-state index in [1.165, 1.54) is 6.42 Å². The molecule has 1 heterocycles. The summed E-state index contributed by atoms with van der Waals surface area (Å²) in [5.74, 6) is 0. The molecule has 1 aromatic rings. The van der Waals surface area contributed by atoms with Gasteiger partial charge in [-0.25, -0.2) is 4.98 Å². The Labute approximate surface area is 82.2 Å². The lowest BCUT2D eigenvalue weighted by atomic mass is 9.68. The number of nitriles is 1. The molecule has 0 aliphatic heterocycles. The van der Waals surface area contributed by atoms with Crippen LogP contribution in [-0.2, 0) is 11.8 Å². The van der Waals surface area contributed by atoms with Crippen LogP contribution in [0.15, 0.2) is 5.38 Å². The number of nitrogens with zero attached hydrogens (tertiary/aromatic N) is 2. The molecule has 1 aromatic heterocycles. The second kappa shape index (κ2) is 3.12. The predicted molar refractivity (Wildman–Crippen MR) is 52.6 cm³/mol. The van der Waals surface area contributed by atoms with Crippen LogP contribution in [0.2, 0.25) is 0 Å². The highest BCUT2D eigenvalue weighted by Crippen LogP contribution is 2.43. The summed E-state index contributed by atoms with van der Waals surface area (Å²) in [5, 5.41) is 12.3. The third-order valence-electron chi connectivity index (χ3n) is 2.77. The van der Waals surface area contributed by atoms with E-state index in [0.29, 0.717) is 0 Å². The van der Waals surface area contributed by atoms with Crippen molar-refractivity contribution in [2.24, 2.45) is 0 Å². The third-order valence-corrected chi connectivity index (χ3v) is 3.76. The minimum atomic E-state index is -0.218. The highest BCUT2D eigenvalue weighted by Gasteiger charge is 2.40. The first-order valence-corrected chi connectivity index (χ1v) is 5.55. The largest absolute Gasteiger partial charge is 0.245 e. The lowest BCUT2D eigenvalue weighted by molar-refractivity contribution is 0.317. The Morgan fingerprint density at radius 3 is 2.85 bits per heavy atom. The van der Waals surface area contributed by atoms with Crippen molar-refractivity contribution in [1.82, 2.24) is 4.98 Å². The zero-order valence-electron chi connectivity index (χ0n) is 7.71. The molecule has 13 heavy (non-hydrogen) atoms. The molecule has 3 heteroatoms. The predicted octanol–water partition coefficient (Wildman–Crippen LogP) is 2.65. The topological polar surface area (TPSA) is 36.7 Å². The molecular formula is C10H12N2S. The normalized spacial score (nSPS) is 19.1. The van der Waals surface area contributed by atoms with Gasteiger partial charge in [-0.1, -0.05) is 6.92 Å².